The minimum atomic E-state index is 0.156. The van der Waals surface area contributed by atoms with Crippen LogP contribution >= 0.6 is 11.6 Å². The summed E-state index contributed by atoms with van der Waals surface area (Å²) in [7, 11) is 0. The van der Waals surface area contributed by atoms with Gasteiger partial charge in [0, 0.05) is 18.5 Å². The molecule has 4 heteroatoms. The number of nitrogens with zero attached hydrogens (tertiary/aromatic N) is 1. The zero-order chi connectivity index (χ0) is 14.4. The molecule has 1 amide bonds. The fourth-order valence-electron chi connectivity index (χ4n) is 2.41. The molecular weight excluding hydrogens is 274 g/mol. The van der Waals surface area contributed by atoms with Gasteiger partial charge in [0.15, 0.2) is 0 Å². The number of carbonyl (C=O) groups excluding carboxylic acids is 1. The Morgan fingerprint density at radius 1 is 1.45 bits per heavy atom. The summed E-state index contributed by atoms with van der Waals surface area (Å²) in [6.07, 6.45) is 3.86. The molecule has 1 aromatic carbocycles. The van der Waals surface area contributed by atoms with Gasteiger partial charge < -0.3 is 9.64 Å². The van der Waals surface area contributed by atoms with Crippen LogP contribution in [0.25, 0.3) is 0 Å². The Kier molecular flexibility index (Phi) is 5.72. The third-order valence-corrected chi connectivity index (χ3v) is 3.90. The van der Waals surface area contributed by atoms with Crippen molar-refractivity contribution in [2.75, 3.05) is 19.0 Å². The number of ether oxygens (including phenoxy) is 1. The van der Waals surface area contributed by atoms with Crippen molar-refractivity contribution in [1.82, 2.24) is 4.90 Å². The van der Waals surface area contributed by atoms with Crippen LogP contribution in [-0.4, -0.2) is 35.9 Å². The molecule has 110 valence electrons. The van der Waals surface area contributed by atoms with Crippen LogP contribution in [-0.2, 0) is 4.79 Å². The van der Waals surface area contributed by atoms with E-state index in [9.17, 15) is 4.79 Å². The average molecular weight is 296 g/mol. The van der Waals surface area contributed by atoms with Crippen molar-refractivity contribution in [2.24, 2.45) is 0 Å². The molecular formula is C16H22ClNO2. The van der Waals surface area contributed by atoms with Gasteiger partial charge in [-0.15, -0.1) is 11.6 Å². The summed E-state index contributed by atoms with van der Waals surface area (Å²) < 4.78 is 5.64. The molecule has 0 aromatic heterocycles. The van der Waals surface area contributed by atoms with Gasteiger partial charge in [0.25, 0.3) is 0 Å². The highest BCUT2D eigenvalue weighted by Gasteiger charge is 2.27. The van der Waals surface area contributed by atoms with Crippen LogP contribution in [0, 0.1) is 6.92 Å². The lowest BCUT2D eigenvalue weighted by Gasteiger charge is -2.37. The molecule has 2 rings (SSSR count). The number of rotatable bonds is 7. The molecule has 0 radical (unpaired) electrons. The minimum absolute atomic E-state index is 0.156. The van der Waals surface area contributed by atoms with Crippen molar-refractivity contribution in [2.45, 2.75) is 38.6 Å². The van der Waals surface area contributed by atoms with Gasteiger partial charge in [0.05, 0.1) is 13.0 Å². The molecule has 3 nitrogen and oxygen atoms in total. The van der Waals surface area contributed by atoms with E-state index in [1.165, 1.54) is 6.42 Å². The van der Waals surface area contributed by atoms with E-state index in [0.717, 1.165) is 24.2 Å². The summed E-state index contributed by atoms with van der Waals surface area (Å²) in [6.45, 7) is 3.10. The van der Waals surface area contributed by atoms with Crippen molar-refractivity contribution < 1.29 is 9.53 Å². The number of carbonyl (C=O) groups is 1. The Morgan fingerprint density at radius 2 is 2.25 bits per heavy atom. The summed E-state index contributed by atoms with van der Waals surface area (Å²) in [6, 6.07) is 8.28. The Balaban J connectivity index is 1.78. The number of halogens is 1. The zero-order valence-corrected chi connectivity index (χ0v) is 12.7. The number of benzene rings is 1. The second-order valence-electron chi connectivity index (χ2n) is 5.28. The fraction of sp³-hybridized carbons (Fsp3) is 0.562. The summed E-state index contributed by atoms with van der Waals surface area (Å²) in [4.78, 5) is 14.1. The molecule has 0 saturated heterocycles. The lowest BCUT2D eigenvalue weighted by atomic mass is 9.91. The lowest BCUT2D eigenvalue weighted by Crippen LogP contribution is -2.45. The van der Waals surface area contributed by atoms with Crippen molar-refractivity contribution in [1.29, 1.82) is 0 Å². The number of alkyl halides is 1. The molecule has 0 N–H and O–H groups in total. The molecule has 0 heterocycles. The van der Waals surface area contributed by atoms with Crippen molar-refractivity contribution in [3.63, 3.8) is 0 Å². The highest BCUT2D eigenvalue weighted by Crippen LogP contribution is 2.25. The number of aryl methyl sites for hydroxylation is 1. The first kappa shape index (κ1) is 15.2. The van der Waals surface area contributed by atoms with Crippen LogP contribution in [0.3, 0.4) is 0 Å². The summed E-state index contributed by atoms with van der Waals surface area (Å²) >= 11 is 5.79. The van der Waals surface area contributed by atoms with E-state index in [1.807, 2.05) is 36.1 Å². The van der Waals surface area contributed by atoms with Gasteiger partial charge in [-0.1, -0.05) is 12.1 Å². The molecule has 0 atom stereocenters. The molecule has 20 heavy (non-hydrogen) atoms. The zero-order valence-electron chi connectivity index (χ0n) is 12.0. The van der Waals surface area contributed by atoms with E-state index in [0.29, 0.717) is 31.5 Å². The van der Waals surface area contributed by atoms with E-state index in [4.69, 9.17) is 16.3 Å². The quantitative estimate of drug-likeness (QED) is 0.722. The Morgan fingerprint density at radius 3 is 2.85 bits per heavy atom. The monoisotopic (exact) mass is 295 g/mol. The van der Waals surface area contributed by atoms with E-state index >= 15 is 0 Å². The van der Waals surface area contributed by atoms with E-state index in [-0.39, 0.29) is 5.91 Å². The summed E-state index contributed by atoms with van der Waals surface area (Å²) in [5, 5.41) is 0. The molecule has 1 aromatic rings. The Labute approximate surface area is 125 Å². The SMILES string of the molecule is Cc1cccc(OCCC(=O)N(CCCl)C2CCC2)c1. The molecule has 0 spiro atoms. The third-order valence-electron chi connectivity index (χ3n) is 3.74. The molecule has 0 aliphatic heterocycles. The van der Waals surface area contributed by atoms with Crippen LogP contribution in [0.15, 0.2) is 24.3 Å². The molecule has 1 fully saturated rings. The van der Waals surface area contributed by atoms with Gasteiger partial charge in [-0.25, -0.2) is 0 Å². The Bertz CT molecular complexity index is 446. The normalized spacial score (nSPS) is 14.7. The number of hydrogen-bond acceptors (Lipinski definition) is 2. The second-order valence-corrected chi connectivity index (χ2v) is 5.65. The van der Waals surface area contributed by atoms with Crippen molar-refractivity contribution >= 4 is 17.5 Å². The average Bonchev–Trinajstić information content (AvgIpc) is 2.36. The van der Waals surface area contributed by atoms with Gasteiger partial charge >= 0.3 is 0 Å². The van der Waals surface area contributed by atoms with Crippen molar-refractivity contribution in [3.8, 4) is 5.75 Å². The summed E-state index contributed by atoms with van der Waals surface area (Å²) in [5.41, 5.74) is 1.16. The topological polar surface area (TPSA) is 29.5 Å². The van der Waals surface area contributed by atoms with Gasteiger partial charge in [0.1, 0.15) is 5.75 Å². The van der Waals surface area contributed by atoms with Crippen LogP contribution in [0.4, 0.5) is 0 Å². The van der Waals surface area contributed by atoms with Crippen LogP contribution < -0.4 is 4.74 Å². The molecule has 0 bridgehead atoms. The number of hydrogen-bond donors (Lipinski definition) is 0. The molecule has 1 aliphatic rings. The first-order chi connectivity index (χ1) is 9.70. The molecule has 0 unspecified atom stereocenters. The van der Waals surface area contributed by atoms with Gasteiger partial charge in [-0.2, -0.15) is 0 Å². The smallest absolute Gasteiger partial charge is 0.226 e. The first-order valence-corrected chi connectivity index (χ1v) is 7.79. The Hall–Kier alpha value is -1.22. The summed E-state index contributed by atoms with van der Waals surface area (Å²) in [5.74, 6) is 1.48. The van der Waals surface area contributed by atoms with E-state index < -0.39 is 0 Å². The minimum Gasteiger partial charge on any atom is -0.493 e. The maximum absolute atomic E-state index is 12.2. The standard InChI is InChI=1S/C16H22ClNO2/c1-13-4-2-7-15(12-13)20-11-8-16(19)18(10-9-17)14-5-3-6-14/h2,4,7,12,14H,3,5-6,8-11H2,1H3. The predicted molar refractivity (Wildman–Crippen MR) is 81.4 cm³/mol. The highest BCUT2D eigenvalue weighted by molar-refractivity contribution is 6.18. The van der Waals surface area contributed by atoms with Gasteiger partial charge in [0.2, 0.25) is 5.91 Å². The third kappa shape index (κ3) is 4.14. The van der Waals surface area contributed by atoms with Crippen molar-refractivity contribution in [3.05, 3.63) is 29.8 Å². The second kappa shape index (κ2) is 7.53. The largest absolute Gasteiger partial charge is 0.493 e. The van der Waals surface area contributed by atoms with Crippen LogP contribution in [0.2, 0.25) is 0 Å². The number of amides is 1. The maximum atomic E-state index is 12.2. The predicted octanol–water partition coefficient (Wildman–Crippen LogP) is 3.38. The first-order valence-electron chi connectivity index (χ1n) is 7.25. The highest BCUT2D eigenvalue weighted by atomic mass is 35.5. The van der Waals surface area contributed by atoms with Gasteiger partial charge in [-0.05, 0) is 43.9 Å². The fourth-order valence-corrected chi connectivity index (χ4v) is 2.59. The molecule has 1 saturated carbocycles. The van der Waals surface area contributed by atoms with E-state index in [2.05, 4.69) is 0 Å². The lowest BCUT2D eigenvalue weighted by molar-refractivity contribution is -0.135. The molecule has 1 aliphatic carbocycles. The van der Waals surface area contributed by atoms with E-state index in [1.54, 1.807) is 0 Å². The van der Waals surface area contributed by atoms with Crippen LogP contribution in [0.1, 0.15) is 31.2 Å². The maximum Gasteiger partial charge on any atom is 0.226 e. The van der Waals surface area contributed by atoms with Crippen LogP contribution in [0.5, 0.6) is 5.75 Å². The van der Waals surface area contributed by atoms with Gasteiger partial charge in [-0.3, -0.25) is 4.79 Å².